The van der Waals surface area contributed by atoms with Gasteiger partial charge in [0.15, 0.2) is 0 Å². The predicted octanol–water partition coefficient (Wildman–Crippen LogP) is 1.38. The van der Waals surface area contributed by atoms with Gasteiger partial charge in [-0.3, -0.25) is 19.7 Å². The third kappa shape index (κ3) is 4.18. The number of benzene rings is 1. The van der Waals surface area contributed by atoms with E-state index in [4.69, 9.17) is 0 Å². The molecule has 0 aliphatic carbocycles. The summed E-state index contributed by atoms with van der Waals surface area (Å²) in [5, 5.41) is 16.3. The lowest BCUT2D eigenvalue weighted by Gasteiger charge is -2.15. The van der Waals surface area contributed by atoms with Crippen LogP contribution in [-0.4, -0.2) is 48.3 Å². The van der Waals surface area contributed by atoms with E-state index in [1.807, 2.05) is 0 Å². The number of nitro benzene ring substituents is 1. The van der Waals surface area contributed by atoms with Crippen LogP contribution in [0.15, 0.2) is 18.2 Å². The largest absolute Gasteiger partial charge is 0.383 e. The van der Waals surface area contributed by atoms with Crippen molar-refractivity contribution in [2.45, 2.75) is 19.3 Å². The van der Waals surface area contributed by atoms with Crippen molar-refractivity contribution in [1.29, 1.82) is 0 Å². The van der Waals surface area contributed by atoms with Crippen LogP contribution < -0.4 is 10.6 Å². The number of anilines is 1. The summed E-state index contributed by atoms with van der Waals surface area (Å²) in [5.41, 5.74) is 0.383. The summed E-state index contributed by atoms with van der Waals surface area (Å²) in [7, 11) is 1.58. The molecule has 1 aromatic carbocycles. The number of carbonyl (C=O) groups excluding carboxylic acids is 2. The second kappa shape index (κ2) is 7.57. The van der Waals surface area contributed by atoms with Crippen LogP contribution in [0.1, 0.15) is 29.6 Å². The molecule has 0 bridgehead atoms. The lowest BCUT2D eigenvalue weighted by atomic mass is 10.1. The molecule has 0 unspecified atom stereocenters. The number of hydrogen-bond acceptors (Lipinski definition) is 5. The molecule has 124 valence electrons. The highest BCUT2D eigenvalue weighted by Gasteiger charge is 2.19. The maximum absolute atomic E-state index is 12.0. The molecule has 1 fully saturated rings. The van der Waals surface area contributed by atoms with Crippen molar-refractivity contribution in [3.8, 4) is 0 Å². The monoisotopic (exact) mass is 320 g/mol. The molecule has 1 saturated heterocycles. The van der Waals surface area contributed by atoms with Gasteiger partial charge in [-0.1, -0.05) is 0 Å². The first-order chi connectivity index (χ1) is 11.0. The maximum Gasteiger partial charge on any atom is 0.293 e. The predicted molar refractivity (Wildman–Crippen MR) is 85.4 cm³/mol. The van der Waals surface area contributed by atoms with Gasteiger partial charge < -0.3 is 15.5 Å². The van der Waals surface area contributed by atoms with Gasteiger partial charge in [0.1, 0.15) is 5.69 Å². The number of hydrogen-bond donors (Lipinski definition) is 2. The quantitative estimate of drug-likeness (QED) is 0.608. The van der Waals surface area contributed by atoms with E-state index >= 15 is 0 Å². The highest BCUT2D eigenvalue weighted by atomic mass is 16.6. The molecule has 8 nitrogen and oxygen atoms in total. The van der Waals surface area contributed by atoms with Gasteiger partial charge in [0, 0.05) is 44.7 Å². The molecule has 23 heavy (non-hydrogen) atoms. The van der Waals surface area contributed by atoms with E-state index in [0.29, 0.717) is 5.69 Å². The van der Waals surface area contributed by atoms with Crippen molar-refractivity contribution >= 4 is 23.2 Å². The fourth-order valence-electron chi connectivity index (χ4n) is 2.55. The molecule has 0 saturated carbocycles. The first-order valence-corrected chi connectivity index (χ1v) is 7.55. The van der Waals surface area contributed by atoms with E-state index < -0.39 is 10.8 Å². The van der Waals surface area contributed by atoms with E-state index in [2.05, 4.69) is 10.6 Å². The second-order valence-electron chi connectivity index (χ2n) is 5.33. The molecule has 1 heterocycles. The van der Waals surface area contributed by atoms with Crippen molar-refractivity contribution < 1.29 is 14.5 Å². The first-order valence-electron chi connectivity index (χ1n) is 7.55. The summed E-state index contributed by atoms with van der Waals surface area (Å²) in [6.07, 6.45) is 2.29. The summed E-state index contributed by atoms with van der Waals surface area (Å²) >= 11 is 0. The minimum Gasteiger partial charge on any atom is -0.383 e. The lowest BCUT2D eigenvalue weighted by molar-refractivity contribution is -0.384. The molecule has 1 aliphatic heterocycles. The molecule has 0 atom stereocenters. The number of amides is 2. The number of nitrogens with zero attached hydrogens (tertiary/aromatic N) is 2. The summed E-state index contributed by atoms with van der Waals surface area (Å²) in [5.74, 6) is -0.399. The Morgan fingerprint density at radius 2 is 2.00 bits per heavy atom. The normalized spacial score (nSPS) is 13.7. The zero-order chi connectivity index (χ0) is 16.8. The van der Waals surface area contributed by atoms with Crippen molar-refractivity contribution in [2.75, 3.05) is 32.0 Å². The molecule has 2 rings (SSSR count). The Bertz CT molecular complexity index is 611. The van der Waals surface area contributed by atoms with Crippen LogP contribution in [0, 0.1) is 10.1 Å². The van der Waals surface area contributed by atoms with Gasteiger partial charge in [-0.15, -0.1) is 0 Å². The van der Waals surface area contributed by atoms with Crippen LogP contribution in [0.5, 0.6) is 0 Å². The van der Waals surface area contributed by atoms with Gasteiger partial charge >= 0.3 is 0 Å². The Kier molecular flexibility index (Phi) is 5.51. The van der Waals surface area contributed by atoms with Gasteiger partial charge in [-0.05, 0) is 25.0 Å². The molecule has 2 amide bonds. The van der Waals surface area contributed by atoms with Gasteiger partial charge in [-0.25, -0.2) is 0 Å². The van der Waals surface area contributed by atoms with Gasteiger partial charge in [0.25, 0.3) is 11.6 Å². The Morgan fingerprint density at radius 3 is 2.61 bits per heavy atom. The van der Waals surface area contributed by atoms with Crippen LogP contribution in [-0.2, 0) is 4.79 Å². The Hall–Kier alpha value is -2.64. The van der Waals surface area contributed by atoms with Gasteiger partial charge in [0.05, 0.1) is 4.92 Å². The molecule has 0 spiro atoms. The Balaban J connectivity index is 1.91. The van der Waals surface area contributed by atoms with E-state index in [-0.39, 0.29) is 30.1 Å². The third-order valence-electron chi connectivity index (χ3n) is 3.81. The summed E-state index contributed by atoms with van der Waals surface area (Å²) < 4.78 is 0. The van der Waals surface area contributed by atoms with Crippen molar-refractivity contribution in [3.63, 3.8) is 0 Å². The minimum absolute atomic E-state index is 0.0271. The average Bonchev–Trinajstić information content (AvgIpc) is 3.08. The second-order valence-corrected chi connectivity index (χ2v) is 5.33. The minimum atomic E-state index is -0.542. The first kappa shape index (κ1) is 16.7. The van der Waals surface area contributed by atoms with E-state index in [1.165, 1.54) is 18.2 Å². The molecule has 0 aromatic heterocycles. The van der Waals surface area contributed by atoms with Crippen molar-refractivity contribution in [2.24, 2.45) is 0 Å². The van der Waals surface area contributed by atoms with Crippen LogP contribution in [0.2, 0.25) is 0 Å². The Morgan fingerprint density at radius 1 is 1.30 bits per heavy atom. The van der Waals surface area contributed by atoms with E-state index in [9.17, 15) is 19.7 Å². The molecular formula is C15H20N4O4. The molecule has 8 heteroatoms. The number of carbonyl (C=O) groups is 2. The van der Waals surface area contributed by atoms with E-state index in [1.54, 1.807) is 11.9 Å². The van der Waals surface area contributed by atoms with Crippen LogP contribution >= 0.6 is 0 Å². The number of rotatable bonds is 6. The van der Waals surface area contributed by atoms with Crippen LogP contribution in [0.4, 0.5) is 11.4 Å². The SMILES string of the molecule is CNc1ccc(C(=O)NCCC(=O)N2CCCC2)cc1[N+](=O)[O-]. The standard InChI is InChI=1S/C15H20N4O4/c1-16-12-5-4-11(10-13(12)19(22)23)15(21)17-7-6-14(20)18-8-2-3-9-18/h4-5,10,16H,2-3,6-9H2,1H3,(H,17,21). The highest BCUT2D eigenvalue weighted by Crippen LogP contribution is 2.24. The van der Waals surface area contributed by atoms with Gasteiger partial charge in [0.2, 0.25) is 5.91 Å². The number of nitro groups is 1. The fourth-order valence-corrected chi connectivity index (χ4v) is 2.55. The number of likely N-dealkylation sites (tertiary alicyclic amines) is 1. The van der Waals surface area contributed by atoms with Crippen LogP contribution in [0.25, 0.3) is 0 Å². The lowest BCUT2D eigenvalue weighted by Crippen LogP contribution is -2.32. The molecule has 2 N–H and O–H groups in total. The smallest absolute Gasteiger partial charge is 0.293 e. The molecule has 1 aromatic rings. The zero-order valence-corrected chi connectivity index (χ0v) is 13.0. The van der Waals surface area contributed by atoms with Crippen molar-refractivity contribution in [3.05, 3.63) is 33.9 Å². The van der Waals surface area contributed by atoms with Crippen molar-refractivity contribution in [1.82, 2.24) is 10.2 Å². The topological polar surface area (TPSA) is 105 Å². The third-order valence-corrected chi connectivity index (χ3v) is 3.81. The summed E-state index contributed by atoms with van der Waals surface area (Å²) in [6.45, 7) is 1.78. The summed E-state index contributed by atoms with van der Waals surface area (Å²) in [6, 6.07) is 4.22. The van der Waals surface area contributed by atoms with Crippen LogP contribution in [0.3, 0.4) is 0 Å². The zero-order valence-electron chi connectivity index (χ0n) is 13.0. The summed E-state index contributed by atoms with van der Waals surface area (Å²) in [4.78, 5) is 36.1. The Labute approximate surface area is 134 Å². The molecule has 0 radical (unpaired) electrons. The van der Waals surface area contributed by atoms with Gasteiger partial charge in [-0.2, -0.15) is 0 Å². The average molecular weight is 320 g/mol. The fraction of sp³-hybridized carbons (Fsp3) is 0.467. The maximum atomic E-state index is 12.0. The number of nitrogens with one attached hydrogen (secondary N) is 2. The van der Waals surface area contributed by atoms with E-state index in [0.717, 1.165) is 25.9 Å². The molecular weight excluding hydrogens is 300 g/mol. The highest BCUT2D eigenvalue weighted by molar-refractivity contribution is 5.96. The molecule has 1 aliphatic rings.